The van der Waals surface area contributed by atoms with Crippen molar-refractivity contribution in [1.82, 2.24) is 9.97 Å². The zero-order valence-electron chi connectivity index (χ0n) is 12.7. The molecule has 0 bridgehead atoms. The molecule has 2 aromatic carbocycles. The Morgan fingerprint density at radius 3 is 2.00 bits per heavy atom. The van der Waals surface area contributed by atoms with E-state index in [1.165, 1.54) is 6.07 Å². The van der Waals surface area contributed by atoms with E-state index in [0.717, 1.165) is 11.6 Å². The molecule has 0 fully saturated rings. The molecule has 3 rings (SSSR count). The Bertz CT molecular complexity index is 1040. The molecule has 3 aromatic rings. The van der Waals surface area contributed by atoms with Gasteiger partial charge in [0, 0.05) is 5.02 Å². The van der Waals surface area contributed by atoms with Crippen molar-refractivity contribution in [3.63, 3.8) is 0 Å². The van der Waals surface area contributed by atoms with E-state index in [4.69, 9.17) is 11.6 Å². The van der Waals surface area contributed by atoms with Crippen LogP contribution < -0.4 is 11.1 Å². The average Bonchev–Trinajstić information content (AvgIpc) is 2.54. The van der Waals surface area contributed by atoms with Gasteiger partial charge in [0.1, 0.15) is 0 Å². The standard InChI is InChI=1S/C17H12ClF3N2O2/c18-11-5-2-9(3-6-11)1-4-10-7-13-14(8-12(10)17(19,20)21)23-16(25)15(24)22-13/h2-3,5-8H,1,4H2,(H,22,24)(H,23,25). The Labute approximate surface area is 144 Å². The van der Waals surface area contributed by atoms with E-state index in [2.05, 4.69) is 9.97 Å². The first-order valence-corrected chi connectivity index (χ1v) is 7.73. The minimum Gasteiger partial charge on any atom is -0.316 e. The van der Waals surface area contributed by atoms with Crippen LogP contribution in [0.15, 0.2) is 46.0 Å². The molecule has 4 nitrogen and oxygen atoms in total. The lowest BCUT2D eigenvalue weighted by Crippen LogP contribution is -2.29. The molecule has 0 aliphatic carbocycles. The number of H-pyrrole nitrogens is 2. The Morgan fingerprint density at radius 1 is 0.880 bits per heavy atom. The van der Waals surface area contributed by atoms with Crippen molar-refractivity contribution >= 4 is 22.6 Å². The number of aryl methyl sites for hydroxylation is 2. The van der Waals surface area contributed by atoms with Crippen LogP contribution in [0.25, 0.3) is 11.0 Å². The molecule has 0 spiro atoms. The van der Waals surface area contributed by atoms with Crippen molar-refractivity contribution < 1.29 is 13.2 Å². The summed E-state index contributed by atoms with van der Waals surface area (Å²) >= 11 is 5.80. The summed E-state index contributed by atoms with van der Waals surface area (Å²) in [4.78, 5) is 27.2. The summed E-state index contributed by atoms with van der Waals surface area (Å²) in [6.45, 7) is 0. The van der Waals surface area contributed by atoms with Crippen LogP contribution in [0.2, 0.25) is 5.02 Å². The van der Waals surface area contributed by atoms with Crippen molar-refractivity contribution in [2.75, 3.05) is 0 Å². The van der Waals surface area contributed by atoms with E-state index in [0.29, 0.717) is 11.4 Å². The molecule has 0 atom stereocenters. The molecule has 2 N–H and O–H groups in total. The minimum absolute atomic E-state index is 0.0395. The van der Waals surface area contributed by atoms with Crippen molar-refractivity contribution in [2.24, 2.45) is 0 Å². The number of aromatic amines is 2. The van der Waals surface area contributed by atoms with Gasteiger partial charge in [0.2, 0.25) is 0 Å². The third-order valence-electron chi connectivity index (χ3n) is 3.85. The maximum absolute atomic E-state index is 13.4. The van der Waals surface area contributed by atoms with Gasteiger partial charge < -0.3 is 9.97 Å². The van der Waals surface area contributed by atoms with Gasteiger partial charge in [-0.25, -0.2) is 0 Å². The minimum atomic E-state index is -4.57. The van der Waals surface area contributed by atoms with Crippen molar-refractivity contribution in [3.8, 4) is 0 Å². The SMILES string of the molecule is O=c1[nH]c2cc(CCc3ccc(Cl)cc3)c(C(F)(F)F)cc2[nH]c1=O. The van der Waals surface area contributed by atoms with Crippen LogP contribution in [0.5, 0.6) is 0 Å². The Hall–Kier alpha value is -2.54. The highest BCUT2D eigenvalue weighted by molar-refractivity contribution is 6.30. The van der Waals surface area contributed by atoms with Crippen LogP contribution in [-0.4, -0.2) is 9.97 Å². The van der Waals surface area contributed by atoms with Crippen LogP contribution in [0.3, 0.4) is 0 Å². The number of rotatable bonds is 3. The first kappa shape index (κ1) is 17.3. The molecule has 25 heavy (non-hydrogen) atoms. The predicted molar refractivity (Wildman–Crippen MR) is 89.1 cm³/mol. The zero-order chi connectivity index (χ0) is 18.2. The summed E-state index contributed by atoms with van der Waals surface area (Å²) in [5.41, 5.74) is -1.76. The molecule has 8 heteroatoms. The number of halogens is 4. The zero-order valence-corrected chi connectivity index (χ0v) is 13.5. The molecule has 0 amide bonds. The largest absolute Gasteiger partial charge is 0.416 e. The maximum Gasteiger partial charge on any atom is 0.416 e. The van der Waals surface area contributed by atoms with Gasteiger partial charge in [0.25, 0.3) is 0 Å². The van der Waals surface area contributed by atoms with Crippen molar-refractivity contribution in [3.05, 3.63) is 78.8 Å². The number of benzene rings is 2. The second kappa shape index (κ2) is 6.40. The van der Waals surface area contributed by atoms with E-state index < -0.39 is 22.9 Å². The molecule has 1 heterocycles. The molecule has 130 valence electrons. The van der Waals surface area contributed by atoms with Gasteiger partial charge in [0.05, 0.1) is 16.6 Å². The molecular formula is C17H12ClF3N2O2. The monoisotopic (exact) mass is 368 g/mol. The third-order valence-corrected chi connectivity index (χ3v) is 4.10. The highest BCUT2D eigenvalue weighted by Gasteiger charge is 2.33. The Morgan fingerprint density at radius 2 is 1.44 bits per heavy atom. The number of aromatic nitrogens is 2. The molecule has 0 unspecified atom stereocenters. The van der Waals surface area contributed by atoms with Crippen LogP contribution in [0.4, 0.5) is 13.2 Å². The number of hydrogen-bond acceptors (Lipinski definition) is 2. The number of nitrogens with one attached hydrogen (secondary N) is 2. The fourth-order valence-corrected chi connectivity index (χ4v) is 2.74. The number of hydrogen-bond donors (Lipinski definition) is 2. The Balaban J connectivity index is 2.04. The molecule has 0 radical (unpaired) electrons. The van der Waals surface area contributed by atoms with Crippen molar-refractivity contribution in [2.45, 2.75) is 19.0 Å². The van der Waals surface area contributed by atoms with Gasteiger partial charge in [-0.15, -0.1) is 0 Å². The van der Waals surface area contributed by atoms with Crippen LogP contribution >= 0.6 is 11.6 Å². The molecule has 1 aromatic heterocycles. The molecule has 0 aliphatic heterocycles. The molecular weight excluding hydrogens is 357 g/mol. The van der Waals surface area contributed by atoms with E-state index in [9.17, 15) is 22.8 Å². The number of fused-ring (bicyclic) bond motifs is 1. The summed E-state index contributed by atoms with van der Waals surface area (Å²) < 4.78 is 40.1. The number of alkyl halides is 3. The summed E-state index contributed by atoms with van der Waals surface area (Å²) in [6, 6.07) is 8.94. The van der Waals surface area contributed by atoms with E-state index in [1.807, 2.05) is 0 Å². The molecule has 0 saturated carbocycles. The normalized spacial score (nSPS) is 11.8. The van der Waals surface area contributed by atoms with E-state index in [1.54, 1.807) is 24.3 Å². The fourth-order valence-electron chi connectivity index (χ4n) is 2.61. The van der Waals surface area contributed by atoms with Gasteiger partial charge in [0.15, 0.2) is 0 Å². The Kier molecular flexibility index (Phi) is 4.43. The summed E-state index contributed by atoms with van der Waals surface area (Å²) in [5.74, 6) is 0. The van der Waals surface area contributed by atoms with Gasteiger partial charge in [-0.1, -0.05) is 23.7 Å². The topological polar surface area (TPSA) is 65.7 Å². The van der Waals surface area contributed by atoms with E-state index >= 15 is 0 Å². The third kappa shape index (κ3) is 3.76. The molecule has 0 aliphatic rings. The smallest absolute Gasteiger partial charge is 0.316 e. The highest BCUT2D eigenvalue weighted by atomic mass is 35.5. The van der Waals surface area contributed by atoms with Gasteiger partial charge in [-0.3, -0.25) is 9.59 Å². The predicted octanol–water partition coefficient (Wildman–Crippen LogP) is 3.67. The summed E-state index contributed by atoms with van der Waals surface area (Å²) in [5, 5.41) is 0.548. The first-order valence-electron chi connectivity index (χ1n) is 7.35. The van der Waals surface area contributed by atoms with Gasteiger partial charge in [-0.2, -0.15) is 13.2 Å². The van der Waals surface area contributed by atoms with Crippen LogP contribution in [-0.2, 0) is 19.0 Å². The first-order chi connectivity index (χ1) is 11.7. The highest BCUT2D eigenvalue weighted by Crippen LogP contribution is 2.34. The van der Waals surface area contributed by atoms with Crippen LogP contribution in [0.1, 0.15) is 16.7 Å². The fraction of sp³-hybridized carbons (Fsp3) is 0.176. The lowest BCUT2D eigenvalue weighted by molar-refractivity contribution is -0.138. The van der Waals surface area contributed by atoms with Crippen LogP contribution in [0, 0.1) is 0 Å². The lowest BCUT2D eigenvalue weighted by atomic mass is 9.98. The van der Waals surface area contributed by atoms with Gasteiger partial charge in [-0.05, 0) is 48.2 Å². The second-order valence-corrected chi connectivity index (χ2v) is 6.02. The van der Waals surface area contributed by atoms with Gasteiger partial charge >= 0.3 is 17.3 Å². The summed E-state index contributed by atoms with van der Waals surface area (Å²) in [6.07, 6.45) is -4.08. The van der Waals surface area contributed by atoms with Crippen molar-refractivity contribution in [1.29, 1.82) is 0 Å². The van der Waals surface area contributed by atoms with E-state index in [-0.39, 0.29) is 23.0 Å². The lowest BCUT2D eigenvalue weighted by Gasteiger charge is -2.14. The maximum atomic E-state index is 13.4. The second-order valence-electron chi connectivity index (χ2n) is 5.59. The summed E-state index contributed by atoms with van der Waals surface area (Å²) in [7, 11) is 0. The quantitative estimate of drug-likeness (QED) is 0.693. The average molecular weight is 369 g/mol. The molecule has 0 saturated heterocycles.